The molecule has 4 N–H and O–H groups in total. The number of anilines is 1. The van der Waals surface area contributed by atoms with Crippen molar-refractivity contribution in [1.29, 1.82) is 0 Å². The van der Waals surface area contributed by atoms with Gasteiger partial charge in [-0.15, -0.1) is 0 Å². The molecule has 0 heterocycles. The number of carbonyl (C=O) groups excluding carboxylic acids is 1. The number of nitrogens with one attached hydrogen (secondary N) is 2. The first kappa shape index (κ1) is 15.3. The summed E-state index contributed by atoms with van der Waals surface area (Å²) in [7, 11) is 1.58. The average molecular weight is 267 g/mol. The van der Waals surface area contributed by atoms with E-state index in [0.717, 1.165) is 6.42 Å². The normalized spacial score (nSPS) is 10.0. The van der Waals surface area contributed by atoms with Gasteiger partial charge in [0.05, 0.1) is 13.7 Å². The van der Waals surface area contributed by atoms with Crippen LogP contribution in [-0.2, 0) is 4.74 Å². The van der Waals surface area contributed by atoms with Crippen LogP contribution in [0, 0.1) is 0 Å². The molecule has 1 aromatic rings. The van der Waals surface area contributed by atoms with Crippen molar-refractivity contribution in [3.63, 3.8) is 0 Å². The number of nitrogens with two attached hydrogens (primary N) is 1. The van der Waals surface area contributed by atoms with E-state index in [1.54, 1.807) is 19.2 Å². The van der Waals surface area contributed by atoms with Crippen LogP contribution in [-0.4, -0.2) is 39.4 Å². The highest BCUT2D eigenvalue weighted by Crippen LogP contribution is 2.16. The fourth-order valence-corrected chi connectivity index (χ4v) is 1.44. The van der Waals surface area contributed by atoms with Crippen molar-refractivity contribution in [2.45, 2.75) is 6.42 Å². The quantitative estimate of drug-likeness (QED) is 0.617. The third-order valence-corrected chi connectivity index (χ3v) is 2.34. The van der Waals surface area contributed by atoms with E-state index in [-0.39, 0.29) is 6.03 Å². The minimum atomic E-state index is -0.243. The van der Waals surface area contributed by atoms with Crippen LogP contribution >= 0.6 is 0 Å². The molecule has 0 aromatic heterocycles. The van der Waals surface area contributed by atoms with Crippen molar-refractivity contribution in [2.24, 2.45) is 5.73 Å². The number of amides is 2. The minimum Gasteiger partial charge on any atom is -0.497 e. The van der Waals surface area contributed by atoms with Crippen molar-refractivity contribution in [3.05, 3.63) is 24.3 Å². The van der Waals surface area contributed by atoms with Gasteiger partial charge in [0.1, 0.15) is 5.75 Å². The number of rotatable bonds is 8. The van der Waals surface area contributed by atoms with Gasteiger partial charge in [-0.25, -0.2) is 4.79 Å². The second-order valence-electron chi connectivity index (χ2n) is 3.87. The highest BCUT2D eigenvalue weighted by molar-refractivity contribution is 5.89. The first-order chi connectivity index (χ1) is 9.26. The molecule has 106 valence electrons. The minimum absolute atomic E-state index is 0.243. The van der Waals surface area contributed by atoms with Gasteiger partial charge < -0.3 is 25.8 Å². The number of hydrogen-bond donors (Lipinski definition) is 3. The molecule has 1 aromatic carbocycles. The van der Waals surface area contributed by atoms with E-state index < -0.39 is 0 Å². The Morgan fingerprint density at radius 1 is 1.37 bits per heavy atom. The molecular formula is C13H21N3O3. The number of ether oxygens (including phenoxy) is 2. The van der Waals surface area contributed by atoms with E-state index in [2.05, 4.69) is 10.6 Å². The molecule has 0 saturated carbocycles. The Bertz CT molecular complexity index is 385. The van der Waals surface area contributed by atoms with Crippen molar-refractivity contribution >= 4 is 11.7 Å². The number of benzene rings is 1. The number of carbonyl (C=O) groups is 1. The lowest BCUT2D eigenvalue weighted by molar-refractivity contribution is 0.139. The molecule has 0 spiro atoms. The Labute approximate surface area is 113 Å². The van der Waals surface area contributed by atoms with Gasteiger partial charge in [0, 0.05) is 31.5 Å². The zero-order valence-corrected chi connectivity index (χ0v) is 11.1. The van der Waals surface area contributed by atoms with Gasteiger partial charge in [0.2, 0.25) is 0 Å². The van der Waals surface area contributed by atoms with Crippen molar-refractivity contribution in [2.75, 3.05) is 38.7 Å². The number of urea groups is 1. The molecule has 6 nitrogen and oxygen atoms in total. The molecule has 19 heavy (non-hydrogen) atoms. The Balaban J connectivity index is 2.19. The van der Waals surface area contributed by atoms with Crippen LogP contribution in [0.5, 0.6) is 5.75 Å². The molecule has 0 aliphatic heterocycles. The second-order valence-corrected chi connectivity index (χ2v) is 3.87. The standard InChI is InChI=1S/C13H21N3O3/c1-18-12-5-2-4-11(10-12)16-13(17)15-7-3-8-19-9-6-14/h2,4-5,10H,3,6-9,14H2,1H3,(H2,15,16,17). The summed E-state index contributed by atoms with van der Waals surface area (Å²) in [4.78, 5) is 11.6. The van der Waals surface area contributed by atoms with Gasteiger partial charge in [-0.1, -0.05) is 6.07 Å². The SMILES string of the molecule is COc1cccc(NC(=O)NCCCOCCN)c1. The molecule has 6 heteroatoms. The van der Waals surface area contributed by atoms with E-state index in [9.17, 15) is 4.79 Å². The molecule has 2 amide bonds. The van der Waals surface area contributed by atoms with Gasteiger partial charge in [-0.05, 0) is 18.6 Å². The fourth-order valence-electron chi connectivity index (χ4n) is 1.44. The van der Waals surface area contributed by atoms with Crippen LogP contribution < -0.4 is 21.1 Å². The molecular weight excluding hydrogens is 246 g/mol. The highest BCUT2D eigenvalue weighted by atomic mass is 16.5. The maximum Gasteiger partial charge on any atom is 0.319 e. The lowest BCUT2D eigenvalue weighted by Gasteiger charge is -2.08. The maximum absolute atomic E-state index is 11.6. The van der Waals surface area contributed by atoms with Gasteiger partial charge in [-0.2, -0.15) is 0 Å². The van der Waals surface area contributed by atoms with Gasteiger partial charge in [-0.3, -0.25) is 0 Å². The summed E-state index contributed by atoms with van der Waals surface area (Å²) in [5.74, 6) is 0.702. The Kier molecular flexibility index (Phi) is 7.38. The topological polar surface area (TPSA) is 85.6 Å². The monoisotopic (exact) mass is 267 g/mol. The predicted octanol–water partition coefficient (Wildman–Crippen LogP) is 1.18. The fraction of sp³-hybridized carbons (Fsp3) is 0.462. The number of hydrogen-bond acceptors (Lipinski definition) is 4. The van der Waals surface area contributed by atoms with E-state index in [1.807, 2.05) is 12.1 Å². The average Bonchev–Trinajstić information content (AvgIpc) is 2.43. The number of methoxy groups -OCH3 is 1. The zero-order valence-electron chi connectivity index (χ0n) is 11.1. The Morgan fingerprint density at radius 3 is 2.95 bits per heavy atom. The second kappa shape index (κ2) is 9.18. The molecule has 0 unspecified atom stereocenters. The van der Waals surface area contributed by atoms with Crippen LogP contribution in [0.4, 0.5) is 10.5 Å². The van der Waals surface area contributed by atoms with Crippen LogP contribution in [0.2, 0.25) is 0 Å². The van der Waals surface area contributed by atoms with Crippen molar-refractivity contribution in [1.82, 2.24) is 5.32 Å². The molecule has 0 atom stereocenters. The first-order valence-electron chi connectivity index (χ1n) is 6.23. The molecule has 0 bridgehead atoms. The summed E-state index contributed by atoms with van der Waals surface area (Å²) in [5, 5.41) is 5.47. The van der Waals surface area contributed by atoms with Crippen LogP contribution in [0.1, 0.15) is 6.42 Å². The molecule has 1 rings (SSSR count). The largest absolute Gasteiger partial charge is 0.497 e. The predicted molar refractivity (Wildman–Crippen MR) is 74.5 cm³/mol. The van der Waals surface area contributed by atoms with E-state index in [4.69, 9.17) is 15.2 Å². The van der Waals surface area contributed by atoms with Crippen molar-refractivity contribution in [3.8, 4) is 5.75 Å². The smallest absolute Gasteiger partial charge is 0.319 e. The lowest BCUT2D eigenvalue weighted by Crippen LogP contribution is -2.30. The summed E-state index contributed by atoms with van der Waals surface area (Å²) in [6.45, 7) is 2.22. The third kappa shape index (κ3) is 6.64. The van der Waals surface area contributed by atoms with E-state index >= 15 is 0 Å². The maximum atomic E-state index is 11.6. The van der Waals surface area contributed by atoms with E-state index in [0.29, 0.717) is 37.7 Å². The summed E-state index contributed by atoms with van der Waals surface area (Å²) in [5.41, 5.74) is 5.98. The summed E-state index contributed by atoms with van der Waals surface area (Å²) in [6, 6.07) is 6.94. The van der Waals surface area contributed by atoms with Crippen LogP contribution in [0.3, 0.4) is 0 Å². The summed E-state index contributed by atoms with van der Waals surface area (Å²) >= 11 is 0. The zero-order chi connectivity index (χ0) is 13.9. The first-order valence-corrected chi connectivity index (χ1v) is 6.23. The summed E-state index contributed by atoms with van der Waals surface area (Å²) in [6.07, 6.45) is 0.755. The van der Waals surface area contributed by atoms with Gasteiger partial charge in [0.15, 0.2) is 0 Å². The van der Waals surface area contributed by atoms with Crippen molar-refractivity contribution < 1.29 is 14.3 Å². The van der Waals surface area contributed by atoms with Gasteiger partial charge >= 0.3 is 6.03 Å². The van der Waals surface area contributed by atoms with E-state index in [1.165, 1.54) is 0 Å². The summed E-state index contributed by atoms with van der Waals surface area (Å²) < 4.78 is 10.3. The Hall–Kier alpha value is -1.79. The molecule has 0 saturated heterocycles. The third-order valence-electron chi connectivity index (χ3n) is 2.34. The highest BCUT2D eigenvalue weighted by Gasteiger charge is 2.01. The van der Waals surface area contributed by atoms with Crippen LogP contribution in [0.15, 0.2) is 24.3 Å². The molecule has 0 aliphatic carbocycles. The molecule has 0 radical (unpaired) electrons. The molecule has 0 aliphatic rings. The van der Waals surface area contributed by atoms with Crippen LogP contribution in [0.25, 0.3) is 0 Å². The molecule has 0 fully saturated rings. The lowest BCUT2D eigenvalue weighted by atomic mass is 10.3. The Morgan fingerprint density at radius 2 is 2.21 bits per heavy atom. The van der Waals surface area contributed by atoms with Gasteiger partial charge in [0.25, 0.3) is 0 Å².